The molecule has 0 aliphatic heterocycles. The zero-order chi connectivity index (χ0) is 16.9. The van der Waals surface area contributed by atoms with Gasteiger partial charge in [-0.25, -0.2) is 8.42 Å². The van der Waals surface area contributed by atoms with Crippen LogP contribution >= 0.6 is 0 Å². The highest BCUT2D eigenvalue weighted by molar-refractivity contribution is 7.92. The van der Waals surface area contributed by atoms with Gasteiger partial charge in [0.15, 0.2) is 0 Å². The number of nitrogens with zero attached hydrogens (tertiary/aromatic N) is 2. The van der Waals surface area contributed by atoms with E-state index in [1.165, 1.54) is 4.31 Å². The van der Waals surface area contributed by atoms with Gasteiger partial charge in [-0.2, -0.15) is 0 Å². The largest absolute Gasteiger partial charge is 0.344 e. The summed E-state index contributed by atoms with van der Waals surface area (Å²) in [7, 11) is -1.80. The Balaban J connectivity index is 3.00. The maximum atomic E-state index is 12.3. The molecule has 1 aromatic rings. The number of likely N-dealkylation sites (N-methyl/N-ethyl adjacent to an activating group) is 1. The standard InChI is InChI=1S/C16H26N2O3S/c1-6-7-10-17(4)16(19)12-18(22(5,20)21)15-9-8-13(2)14(3)11-15/h8-9,11H,6-7,10,12H2,1-5H3. The summed E-state index contributed by atoms with van der Waals surface area (Å²) < 4.78 is 25.3. The fourth-order valence-corrected chi connectivity index (χ4v) is 2.89. The summed E-state index contributed by atoms with van der Waals surface area (Å²) in [6.45, 7) is 6.42. The molecule has 0 bridgehead atoms. The van der Waals surface area contributed by atoms with Crippen LogP contribution in [0.2, 0.25) is 0 Å². The van der Waals surface area contributed by atoms with Crippen molar-refractivity contribution < 1.29 is 13.2 Å². The molecule has 1 amide bonds. The van der Waals surface area contributed by atoms with E-state index in [-0.39, 0.29) is 12.5 Å². The molecule has 5 nitrogen and oxygen atoms in total. The average molecular weight is 326 g/mol. The zero-order valence-electron chi connectivity index (χ0n) is 14.1. The van der Waals surface area contributed by atoms with Crippen molar-refractivity contribution in [1.29, 1.82) is 0 Å². The van der Waals surface area contributed by atoms with Crippen molar-refractivity contribution in [3.63, 3.8) is 0 Å². The number of sulfonamides is 1. The number of rotatable bonds is 7. The summed E-state index contributed by atoms with van der Waals surface area (Å²) in [5, 5.41) is 0. The number of amides is 1. The molecule has 0 aromatic heterocycles. The molecule has 0 radical (unpaired) electrons. The van der Waals surface area contributed by atoms with Crippen LogP contribution in [0.3, 0.4) is 0 Å². The van der Waals surface area contributed by atoms with Gasteiger partial charge in [0.25, 0.3) is 0 Å². The van der Waals surface area contributed by atoms with Gasteiger partial charge in [0.1, 0.15) is 6.54 Å². The molecule has 1 aromatic carbocycles. The number of carbonyl (C=O) groups excluding carboxylic acids is 1. The molecule has 6 heteroatoms. The first-order valence-electron chi connectivity index (χ1n) is 7.45. The summed E-state index contributed by atoms with van der Waals surface area (Å²) >= 11 is 0. The van der Waals surface area contributed by atoms with Crippen LogP contribution in [-0.4, -0.2) is 45.6 Å². The second-order valence-electron chi connectivity index (χ2n) is 5.71. The zero-order valence-corrected chi connectivity index (χ0v) is 14.9. The molecule has 0 fully saturated rings. The number of aryl methyl sites for hydroxylation is 2. The van der Waals surface area contributed by atoms with Gasteiger partial charge < -0.3 is 4.90 Å². The molecule has 124 valence electrons. The third-order valence-corrected chi connectivity index (χ3v) is 4.87. The molecule has 0 N–H and O–H groups in total. The molecule has 0 saturated carbocycles. The summed E-state index contributed by atoms with van der Waals surface area (Å²) in [5.74, 6) is -0.197. The van der Waals surface area contributed by atoms with Crippen molar-refractivity contribution in [2.24, 2.45) is 0 Å². The van der Waals surface area contributed by atoms with Crippen LogP contribution in [0.5, 0.6) is 0 Å². The Kier molecular flexibility index (Phi) is 6.41. The van der Waals surface area contributed by atoms with Crippen molar-refractivity contribution >= 4 is 21.6 Å². The topological polar surface area (TPSA) is 57.7 Å². The SMILES string of the molecule is CCCCN(C)C(=O)CN(c1ccc(C)c(C)c1)S(C)(=O)=O. The van der Waals surface area contributed by atoms with Gasteiger partial charge in [0.05, 0.1) is 11.9 Å². The fraction of sp³-hybridized carbons (Fsp3) is 0.562. The summed E-state index contributed by atoms with van der Waals surface area (Å²) in [6.07, 6.45) is 3.02. The lowest BCUT2D eigenvalue weighted by molar-refractivity contribution is -0.128. The molecular weight excluding hydrogens is 300 g/mol. The van der Waals surface area contributed by atoms with Crippen molar-refractivity contribution in [1.82, 2.24) is 4.90 Å². The highest BCUT2D eigenvalue weighted by Gasteiger charge is 2.22. The van der Waals surface area contributed by atoms with Crippen LogP contribution in [0, 0.1) is 13.8 Å². The first-order chi connectivity index (χ1) is 10.2. The van der Waals surface area contributed by atoms with Gasteiger partial charge in [0, 0.05) is 13.6 Å². The van der Waals surface area contributed by atoms with Gasteiger partial charge in [-0.3, -0.25) is 9.10 Å². The number of anilines is 1. The first-order valence-corrected chi connectivity index (χ1v) is 9.30. The Morgan fingerprint density at radius 2 is 1.82 bits per heavy atom. The minimum absolute atomic E-state index is 0.165. The Bertz CT molecular complexity index is 626. The van der Waals surface area contributed by atoms with Gasteiger partial charge in [-0.05, 0) is 43.5 Å². The van der Waals surface area contributed by atoms with E-state index in [1.807, 2.05) is 19.9 Å². The molecule has 0 aliphatic rings. The van der Waals surface area contributed by atoms with E-state index in [0.717, 1.165) is 30.2 Å². The normalized spacial score (nSPS) is 11.3. The molecular formula is C16H26N2O3S. The molecule has 0 unspecified atom stereocenters. The quantitative estimate of drug-likeness (QED) is 0.773. The highest BCUT2D eigenvalue weighted by Crippen LogP contribution is 2.21. The number of carbonyl (C=O) groups is 1. The Hall–Kier alpha value is -1.56. The van der Waals surface area contributed by atoms with Crippen LogP contribution in [0.4, 0.5) is 5.69 Å². The van der Waals surface area contributed by atoms with Crippen molar-refractivity contribution in [2.45, 2.75) is 33.6 Å². The van der Waals surface area contributed by atoms with E-state index in [1.54, 1.807) is 24.1 Å². The van der Waals surface area contributed by atoms with Crippen LogP contribution < -0.4 is 4.31 Å². The molecule has 1 rings (SSSR count). The Morgan fingerprint density at radius 1 is 1.18 bits per heavy atom. The number of benzene rings is 1. The van der Waals surface area contributed by atoms with E-state index in [9.17, 15) is 13.2 Å². The van der Waals surface area contributed by atoms with Crippen LogP contribution in [0.1, 0.15) is 30.9 Å². The lowest BCUT2D eigenvalue weighted by Gasteiger charge is -2.25. The highest BCUT2D eigenvalue weighted by atomic mass is 32.2. The third-order valence-electron chi connectivity index (χ3n) is 3.73. The summed E-state index contributed by atoms with van der Waals surface area (Å²) in [4.78, 5) is 13.8. The summed E-state index contributed by atoms with van der Waals surface area (Å²) in [5.41, 5.74) is 2.62. The van der Waals surface area contributed by atoms with E-state index < -0.39 is 10.0 Å². The number of unbranched alkanes of at least 4 members (excludes halogenated alkanes) is 1. The number of hydrogen-bond donors (Lipinski definition) is 0. The predicted octanol–water partition coefficient (Wildman–Crippen LogP) is 2.33. The van der Waals surface area contributed by atoms with E-state index in [4.69, 9.17) is 0 Å². The predicted molar refractivity (Wildman–Crippen MR) is 90.7 cm³/mol. The van der Waals surface area contributed by atoms with E-state index in [0.29, 0.717) is 12.2 Å². The van der Waals surface area contributed by atoms with Gasteiger partial charge in [0.2, 0.25) is 15.9 Å². The maximum Gasteiger partial charge on any atom is 0.243 e. The third kappa shape index (κ3) is 5.02. The van der Waals surface area contributed by atoms with Gasteiger partial charge >= 0.3 is 0 Å². The van der Waals surface area contributed by atoms with Crippen LogP contribution in [-0.2, 0) is 14.8 Å². The summed E-state index contributed by atoms with van der Waals surface area (Å²) in [6, 6.07) is 5.41. The van der Waals surface area contributed by atoms with E-state index >= 15 is 0 Å². The monoisotopic (exact) mass is 326 g/mol. The van der Waals surface area contributed by atoms with Crippen molar-refractivity contribution in [3.05, 3.63) is 29.3 Å². The average Bonchev–Trinajstić information content (AvgIpc) is 2.43. The molecule has 0 saturated heterocycles. The Labute approximate surface area is 134 Å². The maximum absolute atomic E-state index is 12.3. The lowest BCUT2D eigenvalue weighted by atomic mass is 10.1. The molecule has 0 atom stereocenters. The van der Waals surface area contributed by atoms with Gasteiger partial charge in [-0.1, -0.05) is 19.4 Å². The number of hydrogen-bond acceptors (Lipinski definition) is 3. The molecule has 0 spiro atoms. The first kappa shape index (κ1) is 18.5. The molecule has 0 aliphatic carbocycles. The van der Waals surface area contributed by atoms with Gasteiger partial charge in [-0.15, -0.1) is 0 Å². The minimum Gasteiger partial charge on any atom is -0.344 e. The minimum atomic E-state index is -3.51. The second kappa shape index (κ2) is 7.63. The Morgan fingerprint density at radius 3 is 2.32 bits per heavy atom. The lowest BCUT2D eigenvalue weighted by Crippen LogP contribution is -2.41. The molecule has 0 heterocycles. The van der Waals surface area contributed by atoms with Crippen LogP contribution in [0.25, 0.3) is 0 Å². The second-order valence-corrected chi connectivity index (χ2v) is 7.61. The smallest absolute Gasteiger partial charge is 0.243 e. The van der Waals surface area contributed by atoms with Crippen molar-refractivity contribution in [2.75, 3.05) is 30.7 Å². The fourth-order valence-electron chi connectivity index (χ4n) is 2.04. The van der Waals surface area contributed by atoms with Crippen LogP contribution in [0.15, 0.2) is 18.2 Å². The van der Waals surface area contributed by atoms with Crippen molar-refractivity contribution in [3.8, 4) is 0 Å². The molecule has 22 heavy (non-hydrogen) atoms. The van der Waals surface area contributed by atoms with E-state index in [2.05, 4.69) is 6.92 Å².